The molecule has 1 amide bonds. The van der Waals surface area contributed by atoms with E-state index in [0.29, 0.717) is 16.3 Å². The first-order valence-electron chi connectivity index (χ1n) is 7.91. The van der Waals surface area contributed by atoms with Crippen molar-refractivity contribution in [3.63, 3.8) is 0 Å². The van der Waals surface area contributed by atoms with Crippen molar-refractivity contribution in [3.05, 3.63) is 64.4 Å². The summed E-state index contributed by atoms with van der Waals surface area (Å²) < 4.78 is 38.6. The van der Waals surface area contributed by atoms with E-state index in [1.165, 1.54) is 6.07 Å². The van der Waals surface area contributed by atoms with Crippen LogP contribution in [-0.2, 0) is 21.2 Å². The van der Waals surface area contributed by atoms with Gasteiger partial charge in [-0.05, 0) is 42.7 Å². The molecule has 0 aliphatic heterocycles. The zero-order valence-corrected chi connectivity index (χ0v) is 16.1. The third-order valence-electron chi connectivity index (χ3n) is 3.83. The monoisotopic (exact) mass is 398 g/mol. The number of benzene rings is 2. The van der Waals surface area contributed by atoms with Gasteiger partial charge in [-0.15, -0.1) is 0 Å². The number of hydrogen-bond acceptors (Lipinski definition) is 3. The van der Waals surface area contributed by atoms with Crippen LogP contribution in [0.5, 0.6) is 0 Å². The average Bonchev–Trinajstić information content (AvgIpc) is 2.55. The van der Waals surface area contributed by atoms with E-state index in [1.807, 2.05) is 6.92 Å². The van der Waals surface area contributed by atoms with Crippen molar-refractivity contribution in [1.29, 1.82) is 0 Å². The summed E-state index contributed by atoms with van der Waals surface area (Å²) in [6, 6.07) is 11.2. The summed E-state index contributed by atoms with van der Waals surface area (Å²) >= 11 is 6.01. The van der Waals surface area contributed by atoms with Gasteiger partial charge in [-0.1, -0.05) is 35.9 Å². The molecule has 26 heavy (non-hydrogen) atoms. The fraction of sp³-hybridized carbons (Fsp3) is 0.278. The molecule has 2 aromatic rings. The van der Waals surface area contributed by atoms with E-state index >= 15 is 0 Å². The van der Waals surface area contributed by atoms with Crippen molar-refractivity contribution in [2.45, 2.75) is 13.3 Å². The number of carbonyl (C=O) groups is 1. The van der Waals surface area contributed by atoms with Crippen molar-refractivity contribution in [3.8, 4) is 0 Å². The molecule has 1 N–H and O–H groups in total. The molecule has 0 unspecified atom stereocenters. The minimum Gasteiger partial charge on any atom is -0.325 e. The Morgan fingerprint density at radius 3 is 2.54 bits per heavy atom. The maximum atomic E-state index is 13.7. The maximum Gasteiger partial charge on any atom is 0.239 e. The molecule has 0 heterocycles. The zero-order chi connectivity index (χ0) is 19.3. The Bertz CT molecular complexity index is 903. The number of sulfonamides is 1. The molecule has 0 aliphatic rings. The van der Waals surface area contributed by atoms with E-state index < -0.39 is 21.7 Å². The first-order chi connectivity index (χ1) is 12.2. The van der Waals surface area contributed by atoms with Gasteiger partial charge in [0, 0.05) is 17.3 Å². The van der Waals surface area contributed by atoms with Gasteiger partial charge in [-0.3, -0.25) is 4.79 Å². The third-order valence-corrected chi connectivity index (χ3v) is 5.49. The number of aryl methyl sites for hydroxylation is 1. The lowest BCUT2D eigenvalue weighted by atomic mass is 10.1. The van der Waals surface area contributed by atoms with Gasteiger partial charge in [0.1, 0.15) is 5.82 Å². The Labute approximate surface area is 157 Å². The van der Waals surface area contributed by atoms with E-state index in [1.54, 1.807) is 36.4 Å². The van der Waals surface area contributed by atoms with Gasteiger partial charge < -0.3 is 5.32 Å². The molecule has 5 nitrogen and oxygen atoms in total. The zero-order valence-electron chi connectivity index (χ0n) is 14.5. The molecular weight excluding hydrogens is 379 g/mol. The van der Waals surface area contributed by atoms with Crippen molar-refractivity contribution in [1.82, 2.24) is 4.31 Å². The maximum absolute atomic E-state index is 13.7. The van der Waals surface area contributed by atoms with Crippen LogP contribution in [0.4, 0.5) is 10.1 Å². The Balaban J connectivity index is 2.04. The van der Waals surface area contributed by atoms with E-state index in [0.717, 1.165) is 16.1 Å². The average molecular weight is 399 g/mol. The highest BCUT2D eigenvalue weighted by Gasteiger charge is 2.20. The van der Waals surface area contributed by atoms with Gasteiger partial charge in [0.15, 0.2) is 0 Å². The fourth-order valence-electron chi connectivity index (χ4n) is 2.34. The Morgan fingerprint density at radius 1 is 1.23 bits per heavy atom. The minimum absolute atomic E-state index is 0.00183. The summed E-state index contributed by atoms with van der Waals surface area (Å²) in [4.78, 5) is 12.2. The number of nitrogens with one attached hydrogen (secondary N) is 1. The van der Waals surface area contributed by atoms with Gasteiger partial charge in [0.05, 0.1) is 12.8 Å². The lowest BCUT2D eigenvalue weighted by Gasteiger charge is -2.19. The second kappa shape index (κ2) is 8.62. The van der Waals surface area contributed by atoms with Gasteiger partial charge in [-0.2, -0.15) is 4.31 Å². The van der Waals surface area contributed by atoms with Crippen molar-refractivity contribution in [2.75, 3.05) is 24.7 Å². The van der Waals surface area contributed by atoms with Crippen LogP contribution >= 0.6 is 11.6 Å². The second-order valence-electron chi connectivity index (χ2n) is 5.95. The number of anilines is 1. The Kier molecular flexibility index (Phi) is 6.75. The standard InChI is InChI=1S/C18H20ClFN2O3S/c1-13-7-8-15(11-16(13)19)21-18(23)12-22(26(2,24)25)10-9-14-5-3-4-6-17(14)20/h3-8,11H,9-10,12H2,1-2H3,(H,21,23). The number of hydrogen-bond donors (Lipinski definition) is 1. The van der Waals surface area contributed by atoms with Crippen molar-refractivity contribution in [2.24, 2.45) is 0 Å². The van der Waals surface area contributed by atoms with Gasteiger partial charge in [0.2, 0.25) is 15.9 Å². The van der Waals surface area contributed by atoms with Gasteiger partial charge in [0.25, 0.3) is 0 Å². The normalized spacial score (nSPS) is 11.6. The molecular formula is C18H20ClFN2O3S. The number of halogens is 2. The molecule has 0 spiro atoms. The summed E-state index contributed by atoms with van der Waals surface area (Å²) in [5.74, 6) is -0.899. The molecule has 0 fully saturated rings. The topological polar surface area (TPSA) is 66.5 Å². The lowest BCUT2D eigenvalue weighted by Crippen LogP contribution is -2.38. The molecule has 0 bridgehead atoms. The van der Waals surface area contributed by atoms with Crippen LogP contribution in [0.15, 0.2) is 42.5 Å². The molecule has 0 saturated carbocycles. The van der Waals surface area contributed by atoms with E-state index in [2.05, 4.69) is 5.32 Å². The van der Waals surface area contributed by atoms with Gasteiger partial charge in [-0.25, -0.2) is 12.8 Å². The molecule has 0 aliphatic carbocycles. The summed E-state index contributed by atoms with van der Waals surface area (Å²) in [5, 5.41) is 3.12. The predicted molar refractivity (Wildman–Crippen MR) is 101 cm³/mol. The summed E-state index contributed by atoms with van der Waals surface area (Å²) in [6.45, 7) is 1.47. The lowest BCUT2D eigenvalue weighted by molar-refractivity contribution is -0.116. The molecule has 140 valence electrons. The molecule has 0 atom stereocenters. The van der Waals surface area contributed by atoms with Crippen LogP contribution in [0.2, 0.25) is 5.02 Å². The van der Waals surface area contributed by atoms with Crippen LogP contribution in [-0.4, -0.2) is 38.0 Å². The molecule has 0 radical (unpaired) electrons. The SMILES string of the molecule is Cc1ccc(NC(=O)CN(CCc2ccccc2F)S(C)(=O)=O)cc1Cl. The van der Waals surface area contributed by atoms with Crippen LogP contribution in [0.25, 0.3) is 0 Å². The first kappa shape index (κ1) is 20.4. The number of rotatable bonds is 7. The number of nitrogens with zero attached hydrogens (tertiary/aromatic N) is 1. The highest BCUT2D eigenvalue weighted by atomic mass is 35.5. The molecule has 2 rings (SSSR count). The van der Waals surface area contributed by atoms with Crippen molar-refractivity contribution >= 4 is 33.2 Å². The largest absolute Gasteiger partial charge is 0.325 e. The molecule has 2 aromatic carbocycles. The van der Waals surface area contributed by atoms with E-state index in [9.17, 15) is 17.6 Å². The summed E-state index contributed by atoms with van der Waals surface area (Å²) in [6.07, 6.45) is 1.19. The predicted octanol–water partition coefficient (Wildman–Crippen LogP) is 3.23. The smallest absolute Gasteiger partial charge is 0.239 e. The quantitative estimate of drug-likeness (QED) is 0.778. The van der Waals surface area contributed by atoms with Gasteiger partial charge >= 0.3 is 0 Å². The van der Waals surface area contributed by atoms with E-state index in [4.69, 9.17) is 11.6 Å². The highest BCUT2D eigenvalue weighted by Crippen LogP contribution is 2.20. The minimum atomic E-state index is -3.63. The fourth-order valence-corrected chi connectivity index (χ4v) is 3.29. The van der Waals surface area contributed by atoms with E-state index in [-0.39, 0.29) is 19.5 Å². The van der Waals surface area contributed by atoms with Crippen LogP contribution < -0.4 is 5.32 Å². The first-order valence-corrected chi connectivity index (χ1v) is 10.1. The van der Waals surface area contributed by atoms with Crippen LogP contribution in [0.3, 0.4) is 0 Å². The number of carbonyl (C=O) groups excluding carboxylic acids is 1. The van der Waals surface area contributed by atoms with Crippen molar-refractivity contribution < 1.29 is 17.6 Å². The molecule has 8 heteroatoms. The summed E-state index contributed by atoms with van der Waals surface area (Å²) in [7, 11) is -3.63. The molecule has 0 saturated heterocycles. The summed E-state index contributed by atoms with van der Waals surface area (Å²) in [5.41, 5.74) is 1.74. The molecule has 0 aromatic heterocycles. The Morgan fingerprint density at radius 2 is 1.92 bits per heavy atom. The Hall–Kier alpha value is -1.96. The van der Waals surface area contributed by atoms with Crippen LogP contribution in [0, 0.1) is 12.7 Å². The second-order valence-corrected chi connectivity index (χ2v) is 8.34. The van der Waals surface area contributed by atoms with Crippen LogP contribution in [0.1, 0.15) is 11.1 Å². The number of amides is 1. The highest BCUT2D eigenvalue weighted by molar-refractivity contribution is 7.88. The third kappa shape index (κ3) is 5.79.